The molecule has 5 heteroatoms. The number of aromatic nitrogens is 2. The monoisotopic (exact) mass is 253 g/mol. The predicted molar refractivity (Wildman–Crippen MR) is 69.0 cm³/mol. The third-order valence-corrected chi connectivity index (χ3v) is 4.10. The molecule has 2 heterocycles. The van der Waals surface area contributed by atoms with Gasteiger partial charge in [-0.3, -0.25) is 4.98 Å². The van der Waals surface area contributed by atoms with E-state index in [1.165, 1.54) is 15.4 Å². The lowest BCUT2D eigenvalue weighted by Gasteiger charge is -2.11. The molecular formula is C11H15N3S2. The molecule has 16 heavy (non-hydrogen) atoms. The van der Waals surface area contributed by atoms with Crippen molar-refractivity contribution in [2.24, 2.45) is 0 Å². The van der Waals surface area contributed by atoms with Crippen molar-refractivity contribution in [1.82, 2.24) is 15.3 Å². The van der Waals surface area contributed by atoms with Crippen molar-refractivity contribution in [3.05, 3.63) is 32.2 Å². The summed E-state index contributed by atoms with van der Waals surface area (Å²) in [6, 6.07) is 0.298. The maximum atomic E-state index is 4.55. The van der Waals surface area contributed by atoms with Crippen LogP contribution < -0.4 is 5.32 Å². The summed E-state index contributed by atoms with van der Waals surface area (Å²) < 4.78 is 0. The molecule has 0 saturated carbocycles. The summed E-state index contributed by atoms with van der Waals surface area (Å²) in [6.07, 6.45) is 1.91. The minimum absolute atomic E-state index is 0.298. The molecular weight excluding hydrogens is 238 g/mol. The van der Waals surface area contributed by atoms with Crippen LogP contribution >= 0.6 is 22.7 Å². The molecule has 3 nitrogen and oxygen atoms in total. The predicted octanol–water partition coefficient (Wildman–Crippen LogP) is 3.07. The van der Waals surface area contributed by atoms with Crippen molar-refractivity contribution in [2.75, 3.05) is 0 Å². The number of rotatable bonds is 4. The van der Waals surface area contributed by atoms with Gasteiger partial charge in [-0.2, -0.15) is 0 Å². The third-order valence-electron chi connectivity index (χ3n) is 2.42. The van der Waals surface area contributed by atoms with Crippen molar-refractivity contribution in [3.63, 3.8) is 0 Å². The van der Waals surface area contributed by atoms with E-state index in [4.69, 9.17) is 0 Å². The molecule has 0 aliphatic heterocycles. The van der Waals surface area contributed by atoms with Crippen molar-refractivity contribution in [1.29, 1.82) is 0 Å². The Balaban J connectivity index is 1.98. The van der Waals surface area contributed by atoms with Gasteiger partial charge in [-0.05, 0) is 20.8 Å². The van der Waals surface area contributed by atoms with E-state index in [9.17, 15) is 0 Å². The quantitative estimate of drug-likeness (QED) is 0.910. The third kappa shape index (κ3) is 2.66. The second-order valence-corrected chi connectivity index (χ2v) is 6.12. The van der Waals surface area contributed by atoms with Crippen LogP contribution in [-0.2, 0) is 6.54 Å². The van der Waals surface area contributed by atoms with Crippen LogP contribution in [0.2, 0.25) is 0 Å². The van der Waals surface area contributed by atoms with E-state index in [1.54, 1.807) is 22.7 Å². The van der Waals surface area contributed by atoms with Crippen molar-refractivity contribution >= 4 is 22.7 Å². The van der Waals surface area contributed by atoms with E-state index in [0.717, 1.165) is 11.6 Å². The zero-order valence-corrected chi connectivity index (χ0v) is 11.3. The first-order valence-electron chi connectivity index (χ1n) is 5.21. The van der Waals surface area contributed by atoms with Gasteiger partial charge in [-0.25, -0.2) is 4.98 Å². The van der Waals surface area contributed by atoms with Crippen LogP contribution in [0.4, 0.5) is 0 Å². The number of nitrogens with zero attached hydrogens (tertiary/aromatic N) is 2. The van der Waals surface area contributed by atoms with Crippen molar-refractivity contribution in [3.8, 4) is 0 Å². The Morgan fingerprint density at radius 1 is 1.44 bits per heavy atom. The summed E-state index contributed by atoms with van der Waals surface area (Å²) >= 11 is 3.44. The molecule has 0 saturated heterocycles. The van der Waals surface area contributed by atoms with E-state index in [-0.39, 0.29) is 0 Å². The molecule has 2 aromatic heterocycles. The van der Waals surface area contributed by atoms with E-state index < -0.39 is 0 Å². The first-order valence-corrected chi connectivity index (χ1v) is 6.91. The summed E-state index contributed by atoms with van der Waals surface area (Å²) in [5.41, 5.74) is 3.03. The van der Waals surface area contributed by atoms with Gasteiger partial charge >= 0.3 is 0 Å². The Kier molecular flexibility index (Phi) is 3.68. The highest BCUT2D eigenvalue weighted by Gasteiger charge is 2.12. The Morgan fingerprint density at radius 2 is 2.25 bits per heavy atom. The first-order chi connectivity index (χ1) is 7.66. The van der Waals surface area contributed by atoms with Gasteiger partial charge in [0.25, 0.3) is 0 Å². The standard InChI is InChI=1S/C11H15N3S2/c1-7(11-8(2)16-9(3)14-11)13-5-10-4-12-6-15-10/h4,6-7,13H,5H2,1-3H3. The van der Waals surface area contributed by atoms with E-state index in [2.05, 4.69) is 36.1 Å². The molecule has 0 amide bonds. The zero-order valence-electron chi connectivity index (χ0n) is 9.65. The second kappa shape index (κ2) is 5.03. The summed E-state index contributed by atoms with van der Waals surface area (Å²) in [4.78, 5) is 11.2. The van der Waals surface area contributed by atoms with E-state index in [0.29, 0.717) is 6.04 Å². The number of hydrogen-bond donors (Lipinski definition) is 1. The normalized spacial score (nSPS) is 12.9. The molecule has 1 unspecified atom stereocenters. The van der Waals surface area contributed by atoms with Crippen LogP contribution in [0.1, 0.15) is 33.4 Å². The minimum Gasteiger partial charge on any atom is -0.304 e. The Bertz CT molecular complexity index is 448. The Labute approximate surface area is 104 Å². The van der Waals surface area contributed by atoms with Crippen LogP contribution in [-0.4, -0.2) is 9.97 Å². The number of thiazole rings is 2. The molecule has 1 N–H and O–H groups in total. The van der Waals surface area contributed by atoms with Crippen molar-refractivity contribution in [2.45, 2.75) is 33.4 Å². The number of aryl methyl sites for hydroxylation is 2. The average Bonchev–Trinajstić information content (AvgIpc) is 2.84. The van der Waals surface area contributed by atoms with Crippen LogP contribution in [0.15, 0.2) is 11.7 Å². The summed E-state index contributed by atoms with van der Waals surface area (Å²) in [5, 5.41) is 4.61. The van der Waals surface area contributed by atoms with Gasteiger partial charge in [0.2, 0.25) is 0 Å². The lowest BCUT2D eigenvalue weighted by atomic mass is 10.2. The van der Waals surface area contributed by atoms with Crippen LogP contribution in [0, 0.1) is 13.8 Å². The number of hydrogen-bond acceptors (Lipinski definition) is 5. The van der Waals surface area contributed by atoms with Gasteiger partial charge in [-0.1, -0.05) is 0 Å². The molecule has 0 aliphatic carbocycles. The van der Waals surface area contributed by atoms with Crippen LogP contribution in [0.3, 0.4) is 0 Å². The SMILES string of the molecule is Cc1nc(C(C)NCc2cncs2)c(C)s1. The fourth-order valence-electron chi connectivity index (χ4n) is 1.63. The molecule has 2 aromatic rings. The molecule has 0 spiro atoms. The largest absolute Gasteiger partial charge is 0.304 e. The Hall–Kier alpha value is -0.780. The van der Waals surface area contributed by atoms with Gasteiger partial charge in [0.1, 0.15) is 0 Å². The second-order valence-electron chi connectivity index (χ2n) is 3.74. The first kappa shape index (κ1) is 11.7. The van der Waals surface area contributed by atoms with Crippen LogP contribution in [0.5, 0.6) is 0 Å². The zero-order chi connectivity index (χ0) is 11.5. The van der Waals surface area contributed by atoms with Gasteiger partial charge < -0.3 is 5.32 Å². The maximum Gasteiger partial charge on any atom is 0.0900 e. The van der Waals surface area contributed by atoms with Gasteiger partial charge in [-0.15, -0.1) is 22.7 Å². The number of nitrogens with one attached hydrogen (secondary N) is 1. The highest BCUT2D eigenvalue weighted by Crippen LogP contribution is 2.22. The van der Waals surface area contributed by atoms with E-state index >= 15 is 0 Å². The topological polar surface area (TPSA) is 37.8 Å². The summed E-state index contributed by atoms with van der Waals surface area (Å²) in [5.74, 6) is 0. The molecule has 0 fully saturated rings. The summed E-state index contributed by atoms with van der Waals surface area (Å²) in [7, 11) is 0. The lowest BCUT2D eigenvalue weighted by molar-refractivity contribution is 0.564. The molecule has 0 aliphatic rings. The van der Waals surface area contributed by atoms with E-state index in [1.807, 2.05) is 11.7 Å². The van der Waals surface area contributed by atoms with Crippen molar-refractivity contribution < 1.29 is 0 Å². The Morgan fingerprint density at radius 3 is 2.81 bits per heavy atom. The molecule has 0 radical (unpaired) electrons. The molecule has 1 atom stereocenters. The highest BCUT2D eigenvalue weighted by atomic mass is 32.1. The molecule has 2 rings (SSSR count). The smallest absolute Gasteiger partial charge is 0.0900 e. The summed E-state index contributed by atoms with van der Waals surface area (Å²) in [6.45, 7) is 7.20. The van der Waals surface area contributed by atoms with Gasteiger partial charge in [0.05, 0.1) is 16.2 Å². The average molecular weight is 253 g/mol. The fraction of sp³-hybridized carbons (Fsp3) is 0.455. The van der Waals surface area contributed by atoms with Gasteiger partial charge in [0, 0.05) is 28.5 Å². The molecule has 0 bridgehead atoms. The minimum atomic E-state index is 0.298. The maximum absolute atomic E-state index is 4.55. The molecule has 0 aromatic carbocycles. The highest BCUT2D eigenvalue weighted by molar-refractivity contribution is 7.11. The fourth-order valence-corrected chi connectivity index (χ4v) is 3.09. The van der Waals surface area contributed by atoms with Crippen LogP contribution in [0.25, 0.3) is 0 Å². The van der Waals surface area contributed by atoms with Gasteiger partial charge in [0.15, 0.2) is 0 Å². The lowest BCUT2D eigenvalue weighted by Crippen LogP contribution is -2.18. The molecule has 86 valence electrons.